The molecule has 0 heterocycles. The third-order valence-corrected chi connectivity index (χ3v) is 5.92. The number of nitrogens with one attached hydrogen (secondary N) is 1. The number of nitro benzene ring substituents is 1. The van der Waals surface area contributed by atoms with E-state index < -0.39 is 32.9 Å². The van der Waals surface area contributed by atoms with E-state index in [2.05, 4.69) is 5.32 Å². The first kappa shape index (κ1) is 23.1. The van der Waals surface area contributed by atoms with Crippen molar-refractivity contribution in [2.75, 3.05) is 17.7 Å². The Morgan fingerprint density at radius 3 is 2.40 bits per heavy atom. The highest BCUT2D eigenvalue weighted by Gasteiger charge is 2.32. The second kappa shape index (κ2) is 9.12. The SMILES string of the molecule is COc1ccccc1[C@@H](C)NC(=O)[C@H](C)N(c1cc([N+](=O)[O-])ccc1C)S(C)(=O)=O. The van der Waals surface area contributed by atoms with E-state index in [1.807, 2.05) is 0 Å². The third-order valence-electron chi connectivity index (χ3n) is 4.69. The van der Waals surface area contributed by atoms with Gasteiger partial charge in [0.05, 0.1) is 30.0 Å². The van der Waals surface area contributed by atoms with Crippen LogP contribution in [-0.4, -0.2) is 38.7 Å². The van der Waals surface area contributed by atoms with Crippen molar-refractivity contribution in [1.82, 2.24) is 5.32 Å². The molecule has 0 radical (unpaired) electrons. The summed E-state index contributed by atoms with van der Waals surface area (Å²) >= 11 is 0. The number of non-ortho nitro benzene ring substituents is 1. The molecule has 0 spiro atoms. The lowest BCUT2D eigenvalue weighted by molar-refractivity contribution is -0.384. The average Bonchev–Trinajstić information content (AvgIpc) is 2.68. The summed E-state index contributed by atoms with van der Waals surface area (Å²) in [6.45, 7) is 4.81. The van der Waals surface area contributed by atoms with Crippen molar-refractivity contribution in [3.63, 3.8) is 0 Å². The van der Waals surface area contributed by atoms with Crippen LogP contribution in [0.15, 0.2) is 42.5 Å². The summed E-state index contributed by atoms with van der Waals surface area (Å²) in [5, 5.41) is 13.9. The smallest absolute Gasteiger partial charge is 0.271 e. The van der Waals surface area contributed by atoms with Crippen LogP contribution in [0.25, 0.3) is 0 Å². The van der Waals surface area contributed by atoms with Gasteiger partial charge in [-0.2, -0.15) is 0 Å². The van der Waals surface area contributed by atoms with E-state index in [9.17, 15) is 23.3 Å². The number of rotatable bonds is 8. The molecular weight excluding hydrogens is 410 g/mol. The van der Waals surface area contributed by atoms with Gasteiger partial charge < -0.3 is 10.1 Å². The fraction of sp³-hybridized carbons (Fsp3) is 0.350. The quantitative estimate of drug-likeness (QED) is 0.503. The molecule has 10 heteroatoms. The zero-order chi connectivity index (χ0) is 22.6. The number of aryl methyl sites for hydroxylation is 1. The summed E-state index contributed by atoms with van der Waals surface area (Å²) < 4.78 is 31.3. The maximum absolute atomic E-state index is 12.9. The molecule has 0 aromatic heterocycles. The van der Waals surface area contributed by atoms with Crippen LogP contribution in [0.4, 0.5) is 11.4 Å². The van der Waals surface area contributed by atoms with Crippen molar-refractivity contribution in [1.29, 1.82) is 0 Å². The van der Waals surface area contributed by atoms with E-state index >= 15 is 0 Å². The molecule has 2 rings (SSSR count). The van der Waals surface area contributed by atoms with Crippen molar-refractivity contribution in [3.8, 4) is 5.75 Å². The fourth-order valence-electron chi connectivity index (χ4n) is 3.17. The maximum atomic E-state index is 12.9. The van der Waals surface area contributed by atoms with Gasteiger partial charge in [0.1, 0.15) is 11.8 Å². The Morgan fingerprint density at radius 2 is 1.83 bits per heavy atom. The Bertz CT molecular complexity index is 1050. The van der Waals surface area contributed by atoms with Gasteiger partial charge in [-0.15, -0.1) is 0 Å². The molecule has 0 aliphatic heterocycles. The largest absolute Gasteiger partial charge is 0.496 e. The van der Waals surface area contributed by atoms with E-state index in [0.717, 1.165) is 22.2 Å². The second-order valence-electron chi connectivity index (χ2n) is 6.93. The van der Waals surface area contributed by atoms with Crippen LogP contribution < -0.4 is 14.4 Å². The molecule has 1 N–H and O–H groups in total. The standard InChI is InChI=1S/C20H25N3O6S/c1-13-10-11-16(23(25)26)12-18(13)22(30(5,27)28)15(3)20(24)21-14(2)17-8-6-7-9-19(17)29-4/h6-12,14-15H,1-5H3,(H,21,24)/t14-,15+/m1/s1. The number of sulfonamides is 1. The van der Waals surface area contributed by atoms with Crippen LogP contribution >= 0.6 is 0 Å². The highest BCUT2D eigenvalue weighted by atomic mass is 32.2. The monoisotopic (exact) mass is 435 g/mol. The molecule has 0 saturated heterocycles. The number of para-hydroxylation sites is 1. The van der Waals surface area contributed by atoms with Gasteiger partial charge in [-0.25, -0.2) is 8.42 Å². The normalized spacial score (nSPS) is 13.2. The molecule has 0 unspecified atom stereocenters. The zero-order valence-corrected chi connectivity index (χ0v) is 18.3. The van der Waals surface area contributed by atoms with Gasteiger partial charge in [0.2, 0.25) is 15.9 Å². The molecule has 0 fully saturated rings. The summed E-state index contributed by atoms with van der Waals surface area (Å²) in [6, 6.07) is 9.46. The van der Waals surface area contributed by atoms with Crippen molar-refractivity contribution in [3.05, 3.63) is 63.7 Å². The number of amides is 1. The molecule has 162 valence electrons. The fourth-order valence-corrected chi connectivity index (χ4v) is 4.39. The van der Waals surface area contributed by atoms with Gasteiger partial charge in [0.25, 0.3) is 5.69 Å². The Hall–Kier alpha value is -3.14. The third kappa shape index (κ3) is 5.07. The number of hydrogen-bond acceptors (Lipinski definition) is 6. The Kier molecular flexibility index (Phi) is 7.04. The Morgan fingerprint density at radius 1 is 1.20 bits per heavy atom. The predicted molar refractivity (Wildman–Crippen MR) is 114 cm³/mol. The summed E-state index contributed by atoms with van der Waals surface area (Å²) in [6.07, 6.45) is 0.957. The van der Waals surface area contributed by atoms with Gasteiger partial charge in [-0.3, -0.25) is 19.2 Å². The van der Waals surface area contributed by atoms with E-state index in [1.165, 1.54) is 26.2 Å². The lowest BCUT2D eigenvalue weighted by atomic mass is 10.1. The van der Waals surface area contributed by atoms with Crippen LogP contribution in [0.3, 0.4) is 0 Å². The molecule has 1 amide bonds. The van der Waals surface area contributed by atoms with E-state index in [0.29, 0.717) is 11.3 Å². The maximum Gasteiger partial charge on any atom is 0.271 e. The minimum Gasteiger partial charge on any atom is -0.496 e. The van der Waals surface area contributed by atoms with Gasteiger partial charge in [0.15, 0.2) is 0 Å². The van der Waals surface area contributed by atoms with Gasteiger partial charge in [0, 0.05) is 17.7 Å². The number of hydrogen-bond donors (Lipinski definition) is 1. The number of benzene rings is 2. The summed E-state index contributed by atoms with van der Waals surface area (Å²) in [7, 11) is -2.39. The van der Waals surface area contributed by atoms with Crippen LogP contribution in [0.5, 0.6) is 5.75 Å². The molecule has 30 heavy (non-hydrogen) atoms. The van der Waals surface area contributed by atoms with Crippen molar-refractivity contribution in [2.45, 2.75) is 32.9 Å². The van der Waals surface area contributed by atoms with Crippen LogP contribution in [-0.2, 0) is 14.8 Å². The number of nitrogens with zero attached hydrogens (tertiary/aromatic N) is 2. The number of methoxy groups -OCH3 is 1. The average molecular weight is 436 g/mol. The first-order valence-electron chi connectivity index (χ1n) is 9.15. The number of nitro groups is 1. The molecule has 2 aromatic rings. The highest BCUT2D eigenvalue weighted by Crippen LogP contribution is 2.30. The first-order valence-corrected chi connectivity index (χ1v) is 11.0. The van der Waals surface area contributed by atoms with Crippen molar-refractivity contribution >= 4 is 27.3 Å². The molecule has 0 aliphatic rings. The lowest BCUT2D eigenvalue weighted by Crippen LogP contribution is -2.48. The summed E-state index contributed by atoms with van der Waals surface area (Å²) in [4.78, 5) is 23.5. The van der Waals surface area contributed by atoms with Crippen molar-refractivity contribution < 1.29 is 22.9 Å². The van der Waals surface area contributed by atoms with E-state index in [1.54, 1.807) is 38.1 Å². The minimum atomic E-state index is -3.92. The van der Waals surface area contributed by atoms with Crippen molar-refractivity contribution in [2.24, 2.45) is 0 Å². The van der Waals surface area contributed by atoms with Gasteiger partial charge in [-0.1, -0.05) is 24.3 Å². The highest BCUT2D eigenvalue weighted by molar-refractivity contribution is 7.92. The second-order valence-corrected chi connectivity index (χ2v) is 8.79. The predicted octanol–water partition coefficient (Wildman–Crippen LogP) is 2.94. The number of carbonyl (C=O) groups is 1. The molecule has 2 atom stereocenters. The number of ether oxygens (including phenoxy) is 1. The topological polar surface area (TPSA) is 119 Å². The molecule has 0 bridgehead atoms. The minimum absolute atomic E-state index is 0.0827. The van der Waals surface area contributed by atoms with Gasteiger partial charge in [-0.05, 0) is 32.4 Å². The Labute approximate surface area is 175 Å². The van der Waals surface area contributed by atoms with E-state index in [4.69, 9.17) is 4.74 Å². The summed E-state index contributed by atoms with van der Waals surface area (Å²) in [5.74, 6) is 0.0391. The molecule has 9 nitrogen and oxygen atoms in total. The van der Waals surface area contributed by atoms with Crippen LogP contribution in [0, 0.1) is 17.0 Å². The zero-order valence-electron chi connectivity index (χ0n) is 17.4. The molecule has 0 saturated carbocycles. The molecule has 0 aliphatic carbocycles. The van der Waals surface area contributed by atoms with Gasteiger partial charge >= 0.3 is 0 Å². The molecule has 2 aromatic carbocycles. The number of carbonyl (C=O) groups excluding carboxylic acids is 1. The number of anilines is 1. The van der Waals surface area contributed by atoms with Crippen LogP contribution in [0.1, 0.15) is 31.0 Å². The van der Waals surface area contributed by atoms with E-state index in [-0.39, 0.29) is 11.4 Å². The van der Waals surface area contributed by atoms with Crippen LogP contribution in [0.2, 0.25) is 0 Å². The summed E-state index contributed by atoms with van der Waals surface area (Å²) in [5.41, 5.74) is 1.04. The molecular formula is C20H25N3O6S. The lowest BCUT2D eigenvalue weighted by Gasteiger charge is -2.30. The first-order chi connectivity index (χ1) is 14.0. The Balaban J connectivity index is 2.39.